The van der Waals surface area contributed by atoms with Crippen LogP contribution in [-0.2, 0) is 0 Å². The molecule has 5 nitrogen and oxygen atoms in total. The molecule has 0 spiro atoms. The van der Waals surface area contributed by atoms with Gasteiger partial charge in [-0.3, -0.25) is 4.79 Å². The zero-order valence-corrected chi connectivity index (χ0v) is 12.1. The van der Waals surface area contributed by atoms with Crippen LogP contribution >= 0.6 is 0 Å². The number of hydrogen-bond donors (Lipinski definition) is 2. The van der Waals surface area contributed by atoms with Crippen LogP contribution in [0, 0.1) is 0 Å². The molecule has 20 heavy (non-hydrogen) atoms. The van der Waals surface area contributed by atoms with Gasteiger partial charge in [0.05, 0.1) is 5.60 Å². The Hall–Kier alpha value is -1.88. The number of hydrogen-bond acceptors (Lipinski definition) is 4. The second kappa shape index (κ2) is 7.65. The van der Waals surface area contributed by atoms with E-state index in [9.17, 15) is 9.90 Å². The van der Waals surface area contributed by atoms with E-state index in [0.717, 1.165) is 0 Å². The summed E-state index contributed by atoms with van der Waals surface area (Å²) >= 11 is 0. The average Bonchev–Trinajstić information content (AvgIpc) is 2.50. The minimum absolute atomic E-state index is 0.191. The number of rotatable bonds is 8. The zero-order valence-electron chi connectivity index (χ0n) is 12.1. The smallest absolute Gasteiger partial charge is 0.273 e. The Balaban J connectivity index is 2.74. The summed E-state index contributed by atoms with van der Waals surface area (Å²) in [4.78, 5) is 16.1. The molecule has 2 N–H and O–H groups in total. The summed E-state index contributed by atoms with van der Waals surface area (Å²) in [6, 6.07) is 3.38. The zero-order chi connectivity index (χ0) is 15.0. The number of aliphatic hydroxyl groups is 1. The van der Waals surface area contributed by atoms with Crippen molar-refractivity contribution in [3.8, 4) is 5.75 Å². The van der Waals surface area contributed by atoms with Crippen molar-refractivity contribution in [2.75, 3.05) is 13.2 Å². The predicted octanol–water partition coefficient (Wildman–Crippen LogP) is 1.93. The average molecular weight is 278 g/mol. The maximum Gasteiger partial charge on any atom is 0.273 e. The number of amides is 1. The van der Waals surface area contributed by atoms with E-state index in [1.807, 2.05) is 13.8 Å². The molecule has 1 rings (SSSR count). The van der Waals surface area contributed by atoms with Crippen molar-refractivity contribution < 1.29 is 14.6 Å². The van der Waals surface area contributed by atoms with Crippen LogP contribution in [0.1, 0.15) is 37.2 Å². The largest absolute Gasteiger partial charge is 0.487 e. The lowest BCUT2D eigenvalue weighted by Gasteiger charge is -2.25. The molecule has 0 aliphatic heterocycles. The van der Waals surface area contributed by atoms with Crippen LogP contribution < -0.4 is 10.1 Å². The molecule has 5 heteroatoms. The Morgan fingerprint density at radius 1 is 1.55 bits per heavy atom. The third-order valence-corrected chi connectivity index (χ3v) is 3.24. The minimum Gasteiger partial charge on any atom is -0.487 e. The second-order valence-electron chi connectivity index (χ2n) is 4.56. The predicted molar refractivity (Wildman–Crippen MR) is 77.8 cm³/mol. The lowest BCUT2D eigenvalue weighted by molar-refractivity contribution is 0.0312. The summed E-state index contributed by atoms with van der Waals surface area (Å²) in [6.07, 6.45) is 4.28. The molecule has 0 aliphatic carbocycles. The standard InChI is InChI=1S/C15H22N2O3/c1-4-10-20-12-8-7-9-16-13(12)14(18)17-11-15(19,5-2)6-3/h4,7-9,19H,1,5-6,10-11H2,2-3H3,(H,17,18). The van der Waals surface area contributed by atoms with Gasteiger partial charge in [-0.25, -0.2) is 4.98 Å². The Bertz CT molecular complexity index is 456. The summed E-state index contributed by atoms with van der Waals surface area (Å²) in [5, 5.41) is 12.9. The van der Waals surface area contributed by atoms with Gasteiger partial charge in [-0.05, 0) is 25.0 Å². The minimum atomic E-state index is -0.882. The molecular weight excluding hydrogens is 256 g/mol. The number of nitrogens with zero attached hydrogens (tertiary/aromatic N) is 1. The highest BCUT2D eigenvalue weighted by atomic mass is 16.5. The van der Waals surface area contributed by atoms with Crippen molar-refractivity contribution in [1.29, 1.82) is 0 Å². The van der Waals surface area contributed by atoms with Crippen molar-refractivity contribution in [3.05, 3.63) is 36.7 Å². The van der Waals surface area contributed by atoms with Crippen molar-refractivity contribution in [3.63, 3.8) is 0 Å². The van der Waals surface area contributed by atoms with Crippen molar-refractivity contribution >= 4 is 5.91 Å². The Morgan fingerprint density at radius 3 is 2.85 bits per heavy atom. The number of carbonyl (C=O) groups is 1. The van der Waals surface area contributed by atoms with Gasteiger partial charge in [0.25, 0.3) is 5.91 Å². The number of pyridine rings is 1. The van der Waals surface area contributed by atoms with Gasteiger partial charge in [-0.15, -0.1) is 0 Å². The molecule has 0 unspecified atom stereocenters. The first-order valence-corrected chi connectivity index (χ1v) is 6.75. The van der Waals surface area contributed by atoms with E-state index in [0.29, 0.717) is 25.2 Å². The molecule has 0 atom stereocenters. The molecule has 0 saturated heterocycles. The van der Waals surface area contributed by atoms with Crippen LogP contribution in [0.4, 0.5) is 0 Å². The summed E-state index contributed by atoms with van der Waals surface area (Å²) in [6.45, 7) is 7.83. The van der Waals surface area contributed by atoms with E-state index in [1.54, 1.807) is 18.2 Å². The first-order valence-electron chi connectivity index (χ1n) is 6.75. The summed E-state index contributed by atoms with van der Waals surface area (Å²) < 4.78 is 5.39. The van der Waals surface area contributed by atoms with E-state index in [4.69, 9.17) is 4.74 Å². The monoisotopic (exact) mass is 278 g/mol. The maximum atomic E-state index is 12.1. The van der Waals surface area contributed by atoms with E-state index in [-0.39, 0.29) is 18.1 Å². The van der Waals surface area contributed by atoms with Crippen LogP contribution in [0.3, 0.4) is 0 Å². The van der Waals surface area contributed by atoms with Crippen LogP contribution in [0.25, 0.3) is 0 Å². The van der Waals surface area contributed by atoms with Gasteiger partial charge in [0, 0.05) is 12.7 Å². The highest BCUT2D eigenvalue weighted by Crippen LogP contribution is 2.17. The number of nitrogens with one attached hydrogen (secondary N) is 1. The van der Waals surface area contributed by atoms with E-state index in [2.05, 4.69) is 16.9 Å². The fraction of sp³-hybridized carbons (Fsp3) is 0.467. The lowest BCUT2D eigenvalue weighted by Crippen LogP contribution is -2.42. The highest BCUT2D eigenvalue weighted by Gasteiger charge is 2.24. The first kappa shape index (κ1) is 16.2. The summed E-state index contributed by atoms with van der Waals surface area (Å²) in [5.74, 6) is 0.0476. The van der Waals surface area contributed by atoms with Gasteiger partial charge in [-0.2, -0.15) is 0 Å². The third kappa shape index (κ3) is 4.35. The van der Waals surface area contributed by atoms with E-state index >= 15 is 0 Å². The van der Waals surface area contributed by atoms with Gasteiger partial charge in [0.1, 0.15) is 6.61 Å². The maximum absolute atomic E-state index is 12.1. The van der Waals surface area contributed by atoms with Gasteiger partial charge in [0.15, 0.2) is 11.4 Å². The van der Waals surface area contributed by atoms with Gasteiger partial charge in [0.2, 0.25) is 0 Å². The molecule has 0 radical (unpaired) electrons. The quantitative estimate of drug-likeness (QED) is 0.713. The molecule has 1 heterocycles. The number of ether oxygens (including phenoxy) is 1. The molecule has 1 amide bonds. The lowest BCUT2D eigenvalue weighted by atomic mass is 9.97. The number of aromatic nitrogens is 1. The van der Waals surface area contributed by atoms with Crippen LogP contribution in [0.15, 0.2) is 31.0 Å². The molecule has 0 saturated carbocycles. The van der Waals surface area contributed by atoms with Crippen molar-refractivity contribution in [2.24, 2.45) is 0 Å². The first-order chi connectivity index (χ1) is 9.56. The fourth-order valence-electron chi connectivity index (χ4n) is 1.65. The number of carbonyl (C=O) groups excluding carboxylic acids is 1. The Labute approximate surface area is 119 Å². The highest BCUT2D eigenvalue weighted by molar-refractivity contribution is 5.94. The SMILES string of the molecule is C=CCOc1cccnc1C(=O)NCC(O)(CC)CC. The summed E-state index contributed by atoms with van der Waals surface area (Å²) in [5.41, 5.74) is -0.670. The third-order valence-electron chi connectivity index (χ3n) is 3.24. The molecule has 0 aromatic carbocycles. The Morgan fingerprint density at radius 2 is 2.25 bits per heavy atom. The molecule has 0 aliphatic rings. The van der Waals surface area contributed by atoms with E-state index in [1.165, 1.54) is 6.20 Å². The topological polar surface area (TPSA) is 71.5 Å². The van der Waals surface area contributed by atoms with Crippen LogP contribution in [0.2, 0.25) is 0 Å². The molecule has 0 fully saturated rings. The van der Waals surface area contributed by atoms with Crippen LogP contribution in [0.5, 0.6) is 5.75 Å². The van der Waals surface area contributed by atoms with Gasteiger partial charge >= 0.3 is 0 Å². The van der Waals surface area contributed by atoms with Gasteiger partial charge in [-0.1, -0.05) is 26.5 Å². The molecule has 0 bridgehead atoms. The molecule has 1 aromatic rings. The van der Waals surface area contributed by atoms with E-state index < -0.39 is 5.60 Å². The van der Waals surface area contributed by atoms with Crippen LogP contribution in [-0.4, -0.2) is 34.8 Å². The molecular formula is C15H22N2O3. The Kier molecular flexibility index (Phi) is 6.18. The summed E-state index contributed by atoms with van der Waals surface area (Å²) in [7, 11) is 0. The van der Waals surface area contributed by atoms with Crippen molar-refractivity contribution in [1.82, 2.24) is 10.3 Å². The normalized spacial score (nSPS) is 10.9. The molecule has 1 aromatic heterocycles. The second-order valence-corrected chi connectivity index (χ2v) is 4.56. The molecule has 110 valence electrons. The fourth-order valence-corrected chi connectivity index (χ4v) is 1.65. The van der Waals surface area contributed by atoms with Gasteiger partial charge < -0.3 is 15.2 Å². The van der Waals surface area contributed by atoms with Crippen molar-refractivity contribution in [2.45, 2.75) is 32.3 Å².